The molecule has 0 saturated carbocycles. The van der Waals surface area contributed by atoms with Crippen LogP contribution in [0.1, 0.15) is 33.6 Å². The largest absolute Gasteiger partial charge is 0.392 e. The molecule has 20 heavy (non-hydrogen) atoms. The van der Waals surface area contributed by atoms with Gasteiger partial charge in [0.1, 0.15) is 0 Å². The number of carbonyl (C=O) groups excluding carboxylic acids is 1. The van der Waals surface area contributed by atoms with Gasteiger partial charge in [-0.2, -0.15) is 0 Å². The van der Waals surface area contributed by atoms with E-state index in [1.165, 1.54) is 0 Å². The molecule has 122 valence electrons. The molecule has 3 N–H and O–H groups in total. The van der Waals surface area contributed by atoms with Crippen molar-refractivity contribution in [2.24, 2.45) is 5.73 Å². The van der Waals surface area contributed by atoms with Crippen LogP contribution in [0.2, 0.25) is 0 Å². The van der Waals surface area contributed by atoms with Crippen LogP contribution in [0, 0.1) is 0 Å². The van der Waals surface area contributed by atoms with Gasteiger partial charge in [-0.3, -0.25) is 9.69 Å². The maximum atomic E-state index is 12.1. The molecule has 7 heteroatoms. The van der Waals surface area contributed by atoms with Crippen molar-refractivity contribution in [3.63, 3.8) is 0 Å². The number of hydrogen-bond acceptors (Lipinski definition) is 4. The Kier molecular flexibility index (Phi) is 11.8. The van der Waals surface area contributed by atoms with Crippen molar-refractivity contribution < 1.29 is 9.90 Å². The lowest BCUT2D eigenvalue weighted by Gasteiger charge is -2.42. The zero-order valence-electron chi connectivity index (χ0n) is 12.6. The van der Waals surface area contributed by atoms with Crippen LogP contribution in [-0.2, 0) is 4.79 Å². The number of carbonyl (C=O) groups is 1. The van der Waals surface area contributed by atoms with E-state index >= 15 is 0 Å². The van der Waals surface area contributed by atoms with Gasteiger partial charge in [-0.15, -0.1) is 24.8 Å². The van der Waals surface area contributed by atoms with E-state index in [0.717, 1.165) is 26.1 Å². The van der Waals surface area contributed by atoms with Gasteiger partial charge >= 0.3 is 0 Å². The molecule has 0 bridgehead atoms. The van der Waals surface area contributed by atoms with Crippen molar-refractivity contribution in [1.29, 1.82) is 0 Å². The third-order valence-corrected chi connectivity index (χ3v) is 3.64. The molecule has 1 saturated heterocycles. The number of aliphatic hydroxyl groups excluding tert-OH is 1. The molecule has 0 aromatic rings. The SMILES string of the molecule is CCC1CN(C(=O)[C@@H](N)CC)CCN1CC(C)O.Cl.Cl. The molecule has 5 nitrogen and oxygen atoms in total. The van der Waals surface area contributed by atoms with Gasteiger partial charge in [-0.05, 0) is 19.8 Å². The minimum Gasteiger partial charge on any atom is -0.392 e. The molecule has 0 aromatic heterocycles. The van der Waals surface area contributed by atoms with Crippen molar-refractivity contribution in [3.05, 3.63) is 0 Å². The van der Waals surface area contributed by atoms with Gasteiger partial charge in [0.05, 0.1) is 12.1 Å². The lowest BCUT2D eigenvalue weighted by Crippen LogP contribution is -2.58. The van der Waals surface area contributed by atoms with Gasteiger partial charge in [-0.25, -0.2) is 0 Å². The highest BCUT2D eigenvalue weighted by molar-refractivity contribution is 5.85. The Labute approximate surface area is 134 Å². The molecule has 1 fully saturated rings. The van der Waals surface area contributed by atoms with Gasteiger partial charge in [0.2, 0.25) is 5.91 Å². The van der Waals surface area contributed by atoms with Crippen molar-refractivity contribution in [2.45, 2.75) is 51.8 Å². The molecule has 1 aliphatic heterocycles. The molecular formula is C13H29Cl2N3O2. The van der Waals surface area contributed by atoms with Gasteiger partial charge < -0.3 is 15.7 Å². The summed E-state index contributed by atoms with van der Waals surface area (Å²) in [5.41, 5.74) is 5.80. The van der Waals surface area contributed by atoms with E-state index in [1.807, 2.05) is 11.8 Å². The van der Waals surface area contributed by atoms with Gasteiger partial charge in [-0.1, -0.05) is 13.8 Å². The summed E-state index contributed by atoms with van der Waals surface area (Å²) in [7, 11) is 0. The first-order valence-electron chi connectivity index (χ1n) is 6.96. The van der Waals surface area contributed by atoms with Crippen LogP contribution >= 0.6 is 24.8 Å². The summed E-state index contributed by atoms with van der Waals surface area (Å²) >= 11 is 0. The maximum Gasteiger partial charge on any atom is 0.239 e. The average molecular weight is 330 g/mol. The zero-order valence-corrected chi connectivity index (χ0v) is 14.3. The zero-order chi connectivity index (χ0) is 13.7. The second-order valence-corrected chi connectivity index (χ2v) is 5.21. The summed E-state index contributed by atoms with van der Waals surface area (Å²) in [4.78, 5) is 16.2. The molecule has 0 aliphatic carbocycles. The fourth-order valence-corrected chi connectivity index (χ4v) is 2.47. The predicted octanol–water partition coefficient (Wildman–Crippen LogP) is 0.871. The molecule has 2 unspecified atom stereocenters. The number of nitrogens with two attached hydrogens (primary N) is 1. The molecule has 1 rings (SSSR count). The standard InChI is InChI=1S/C13H27N3O2.2ClH/c1-4-11-9-16(13(18)12(14)5-2)7-6-15(11)8-10(3)17;;/h10-12,17H,4-9,14H2,1-3H3;2*1H/t10?,11?,12-;;/m0../s1. The minimum atomic E-state index is -0.370. The first kappa shape index (κ1) is 22.2. The van der Waals surface area contributed by atoms with Gasteiger partial charge in [0.25, 0.3) is 0 Å². The second-order valence-electron chi connectivity index (χ2n) is 5.21. The lowest BCUT2D eigenvalue weighted by atomic mass is 10.1. The Hall–Kier alpha value is -0.0700. The summed E-state index contributed by atoms with van der Waals surface area (Å²) in [5, 5.41) is 9.48. The number of β-amino-alcohol motifs (C(OH)–C–C–N with tert-alkyl or cyclic N) is 1. The molecule has 3 atom stereocenters. The quantitative estimate of drug-likeness (QED) is 0.785. The summed E-state index contributed by atoms with van der Waals surface area (Å²) in [6.45, 7) is 8.81. The van der Waals surface area contributed by atoms with Crippen molar-refractivity contribution in [1.82, 2.24) is 9.80 Å². The van der Waals surface area contributed by atoms with Crippen LogP contribution < -0.4 is 5.73 Å². The van der Waals surface area contributed by atoms with Crippen LogP contribution in [-0.4, -0.2) is 65.2 Å². The second kappa shape index (κ2) is 10.6. The highest BCUT2D eigenvalue weighted by atomic mass is 35.5. The van der Waals surface area contributed by atoms with E-state index < -0.39 is 0 Å². The molecule has 1 heterocycles. The number of hydrogen-bond donors (Lipinski definition) is 2. The molecule has 0 aromatic carbocycles. The summed E-state index contributed by atoms with van der Waals surface area (Å²) in [6, 6.07) is -0.0350. The topological polar surface area (TPSA) is 69.8 Å². The monoisotopic (exact) mass is 329 g/mol. The van der Waals surface area contributed by atoms with Gasteiger partial charge in [0.15, 0.2) is 0 Å². The average Bonchev–Trinajstić information content (AvgIpc) is 2.36. The molecule has 0 spiro atoms. The van der Waals surface area contributed by atoms with E-state index in [4.69, 9.17) is 5.73 Å². The van der Waals surface area contributed by atoms with Gasteiger partial charge in [0, 0.05) is 32.2 Å². The molecular weight excluding hydrogens is 301 g/mol. The number of aliphatic hydroxyl groups is 1. The third kappa shape index (κ3) is 6.14. The van der Waals surface area contributed by atoms with Crippen LogP contribution in [0.25, 0.3) is 0 Å². The van der Waals surface area contributed by atoms with E-state index in [1.54, 1.807) is 6.92 Å². The molecule has 1 aliphatic rings. The summed E-state index contributed by atoms with van der Waals surface area (Å²) in [5.74, 6) is 0.0626. The first-order valence-corrected chi connectivity index (χ1v) is 6.96. The summed E-state index contributed by atoms with van der Waals surface area (Å²) in [6.07, 6.45) is 1.35. The highest BCUT2D eigenvalue weighted by Gasteiger charge is 2.30. The first-order chi connectivity index (χ1) is 8.49. The van der Waals surface area contributed by atoms with Crippen LogP contribution in [0.3, 0.4) is 0 Å². The van der Waals surface area contributed by atoms with Crippen LogP contribution in [0.4, 0.5) is 0 Å². The van der Waals surface area contributed by atoms with Crippen molar-refractivity contribution in [2.75, 3.05) is 26.2 Å². The van der Waals surface area contributed by atoms with E-state index in [2.05, 4.69) is 11.8 Å². The number of rotatable bonds is 5. The third-order valence-electron chi connectivity index (χ3n) is 3.64. The Morgan fingerprint density at radius 1 is 1.35 bits per heavy atom. The van der Waals surface area contributed by atoms with Crippen LogP contribution in [0.5, 0.6) is 0 Å². The number of amides is 1. The number of piperazine rings is 1. The fourth-order valence-electron chi connectivity index (χ4n) is 2.47. The molecule has 0 radical (unpaired) electrons. The Morgan fingerprint density at radius 3 is 2.40 bits per heavy atom. The van der Waals surface area contributed by atoms with E-state index in [9.17, 15) is 9.90 Å². The van der Waals surface area contributed by atoms with Crippen LogP contribution in [0.15, 0.2) is 0 Å². The van der Waals surface area contributed by atoms with E-state index in [0.29, 0.717) is 19.0 Å². The lowest BCUT2D eigenvalue weighted by molar-refractivity contribution is -0.136. The van der Waals surface area contributed by atoms with E-state index in [-0.39, 0.29) is 42.9 Å². The summed E-state index contributed by atoms with van der Waals surface area (Å²) < 4.78 is 0. The highest BCUT2D eigenvalue weighted by Crippen LogP contribution is 2.14. The van der Waals surface area contributed by atoms with Crippen molar-refractivity contribution >= 4 is 30.7 Å². The normalized spacial score (nSPS) is 22.4. The Morgan fingerprint density at radius 2 is 1.95 bits per heavy atom. The smallest absolute Gasteiger partial charge is 0.239 e. The fraction of sp³-hybridized carbons (Fsp3) is 0.923. The minimum absolute atomic E-state index is 0. The van der Waals surface area contributed by atoms with Crippen molar-refractivity contribution in [3.8, 4) is 0 Å². The number of halogens is 2. The maximum absolute atomic E-state index is 12.1. The number of nitrogens with zero attached hydrogens (tertiary/aromatic N) is 2. The predicted molar refractivity (Wildman–Crippen MR) is 86.7 cm³/mol. The molecule has 1 amide bonds. The Balaban J connectivity index is 0. The Bertz CT molecular complexity index is 280.